The lowest BCUT2D eigenvalue weighted by Gasteiger charge is -2.20. The van der Waals surface area contributed by atoms with Gasteiger partial charge in [-0.1, -0.05) is 18.2 Å². The Morgan fingerprint density at radius 3 is 2.71 bits per heavy atom. The Balaban J connectivity index is 1.50. The molecule has 0 spiro atoms. The van der Waals surface area contributed by atoms with Crippen LogP contribution in [0.25, 0.3) is 5.69 Å². The zero-order chi connectivity index (χ0) is 19.7. The number of amides is 2. The monoisotopic (exact) mass is 378 g/mol. The average molecular weight is 378 g/mol. The first-order valence-electron chi connectivity index (χ1n) is 9.04. The molecule has 4 rings (SSSR count). The van der Waals surface area contributed by atoms with Gasteiger partial charge in [0.25, 0.3) is 0 Å². The highest BCUT2D eigenvalue weighted by Crippen LogP contribution is 2.32. The number of aryl methyl sites for hydroxylation is 2. The second-order valence-electron chi connectivity index (χ2n) is 6.83. The Morgan fingerprint density at radius 2 is 1.93 bits per heavy atom. The summed E-state index contributed by atoms with van der Waals surface area (Å²) in [5, 5.41) is 7.51. The minimum absolute atomic E-state index is 0.202. The molecule has 0 fully saturated rings. The average Bonchev–Trinajstić information content (AvgIpc) is 3.27. The minimum Gasteiger partial charge on any atom is -0.454 e. The van der Waals surface area contributed by atoms with Gasteiger partial charge in [0.05, 0.1) is 17.1 Å². The molecule has 0 bridgehead atoms. The molecule has 28 heavy (non-hydrogen) atoms. The molecule has 1 aliphatic rings. The number of nitrogens with zero attached hydrogens (tertiary/aromatic N) is 3. The van der Waals surface area contributed by atoms with E-state index in [2.05, 4.69) is 10.4 Å². The lowest BCUT2D eigenvalue weighted by Crippen LogP contribution is -2.31. The number of rotatable bonds is 4. The van der Waals surface area contributed by atoms with Crippen molar-refractivity contribution >= 4 is 11.7 Å². The summed E-state index contributed by atoms with van der Waals surface area (Å²) in [7, 11) is 1.76. The molecule has 0 unspecified atom stereocenters. The molecule has 0 aliphatic carbocycles. The molecule has 2 aromatic carbocycles. The van der Waals surface area contributed by atoms with Gasteiger partial charge in [-0.25, -0.2) is 9.48 Å². The summed E-state index contributed by atoms with van der Waals surface area (Å²) < 4.78 is 12.6. The van der Waals surface area contributed by atoms with Gasteiger partial charge < -0.3 is 19.7 Å². The van der Waals surface area contributed by atoms with Gasteiger partial charge in [-0.05, 0) is 49.7 Å². The molecule has 2 heterocycles. The van der Waals surface area contributed by atoms with Crippen molar-refractivity contribution in [3.63, 3.8) is 0 Å². The number of carbonyl (C=O) groups is 1. The zero-order valence-electron chi connectivity index (χ0n) is 16.1. The predicted octanol–water partition coefficient (Wildman–Crippen LogP) is 3.88. The second-order valence-corrected chi connectivity index (χ2v) is 6.83. The summed E-state index contributed by atoms with van der Waals surface area (Å²) in [6, 6.07) is 15.1. The maximum atomic E-state index is 12.8. The minimum atomic E-state index is -0.202. The molecule has 7 heteroatoms. The first-order valence-corrected chi connectivity index (χ1v) is 9.04. The maximum absolute atomic E-state index is 12.8. The number of nitrogens with one attached hydrogen (secondary N) is 1. The largest absolute Gasteiger partial charge is 0.454 e. The highest BCUT2D eigenvalue weighted by Gasteiger charge is 2.17. The Hall–Kier alpha value is -3.48. The Labute approximate surface area is 163 Å². The molecule has 2 amide bonds. The number of urea groups is 1. The first-order chi connectivity index (χ1) is 13.5. The van der Waals surface area contributed by atoms with Crippen LogP contribution in [0.15, 0.2) is 48.5 Å². The van der Waals surface area contributed by atoms with E-state index in [1.807, 2.05) is 67.1 Å². The van der Waals surface area contributed by atoms with Gasteiger partial charge in [-0.15, -0.1) is 0 Å². The highest BCUT2D eigenvalue weighted by atomic mass is 16.7. The van der Waals surface area contributed by atoms with E-state index >= 15 is 0 Å². The molecule has 1 aliphatic heterocycles. The molecule has 144 valence electrons. The molecular weight excluding hydrogens is 356 g/mol. The van der Waals surface area contributed by atoms with Gasteiger partial charge >= 0.3 is 6.03 Å². The van der Waals surface area contributed by atoms with Crippen LogP contribution in [0.4, 0.5) is 10.5 Å². The molecule has 0 radical (unpaired) electrons. The fourth-order valence-corrected chi connectivity index (χ4v) is 3.23. The predicted molar refractivity (Wildman–Crippen MR) is 106 cm³/mol. The van der Waals surface area contributed by atoms with E-state index < -0.39 is 0 Å². The fraction of sp³-hybridized carbons (Fsp3) is 0.238. The summed E-state index contributed by atoms with van der Waals surface area (Å²) in [4.78, 5) is 14.4. The van der Waals surface area contributed by atoms with Gasteiger partial charge in [-0.2, -0.15) is 5.10 Å². The van der Waals surface area contributed by atoms with Crippen molar-refractivity contribution in [3.05, 3.63) is 65.5 Å². The van der Waals surface area contributed by atoms with E-state index in [-0.39, 0.29) is 12.8 Å². The van der Waals surface area contributed by atoms with Crippen molar-refractivity contribution in [2.45, 2.75) is 20.4 Å². The number of aromatic nitrogens is 2. The second kappa shape index (κ2) is 7.26. The molecule has 0 saturated carbocycles. The van der Waals surface area contributed by atoms with E-state index in [0.29, 0.717) is 18.0 Å². The van der Waals surface area contributed by atoms with E-state index in [1.54, 1.807) is 11.9 Å². The maximum Gasteiger partial charge on any atom is 0.321 e. The number of ether oxygens (including phenoxy) is 2. The van der Waals surface area contributed by atoms with Gasteiger partial charge in [0.2, 0.25) is 6.79 Å². The van der Waals surface area contributed by atoms with Crippen molar-refractivity contribution in [3.8, 4) is 17.2 Å². The number of hydrogen-bond acceptors (Lipinski definition) is 4. The molecule has 1 aromatic heterocycles. The van der Waals surface area contributed by atoms with Crippen molar-refractivity contribution in [1.29, 1.82) is 0 Å². The van der Waals surface area contributed by atoms with Crippen LogP contribution in [-0.2, 0) is 6.54 Å². The summed E-state index contributed by atoms with van der Waals surface area (Å²) in [6.07, 6.45) is 0. The number of anilines is 1. The van der Waals surface area contributed by atoms with E-state index in [1.165, 1.54) is 0 Å². The molecule has 0 saturated heterocycles. The quantitative estimate of drug-likeness (QED) is 0.748. The molecule has 7 nitrogen and oxygen atoms in total. The first kappa shape index (κ1) is 17.9. The highest BCUT2D eigenvalue weighted by molar-refractivity contribution is 5.91. The fourth-order valence-electron chi connectivity index (χ4n) is 3.23. The van der Waals surface area contributed by atoms with Gasteiger partial charge in [0.15, 0.2) is 11.5 Å². The molecular formula is C21H22N4O3. The van der Waals surface area contributed by atoms with Gasteiger partial charge in [0.1, 0.15) is 0 Å². The SMILES string of the molecule is Cc1cc(C)n(-c2ccccc2NC(=O)N(C)Cc2ccc3c(c2)OCO3)n1. The topological polar surface area (TPSA) is 68.6 Å². The Bertz CT molecular complexity index is 1030. The number of hydrogen-bond donors (Lipinski definition) is 1. The third-order valence-electron chi connectivity index (χ3n) is 4.59. The van der Waals surface area contributed by atoms with Crippen molar-refractivity contribution in [2.24, 2.45) is 0 Å². The summed E-state index contributed by atoms with van der Waals surface area (Å²) >= 11 is 0. The van der Waals surface area contributed by atoms with Crippen LogP contribution in [0.3, 0.4) is 0 Å². The van der Waals surface area contributed by atoms with Crippen molar-refractivity contribution in [2.75, 3.05) is 19.2 Å². The zero-order valence-corrected chi connectivity index (χ0v) is 16.1. The van der Waals surface area contributed by atoms with E-state index in [4.69, 9.17) is 9.47 Å². The third kappa shape index (κ3) is 3.51. The van der Waals surface area contributed by atoms with Gasteiger partial charge in [0, 0.05) is 19.3 Å². The summed E-state index contributed by atoms with van der Waals surface area (Å²) in [6.45, 7) is 4.62. The summed E-state index contributed by atoms with van der Waals surface area (Å²) in [5.41, 5.74) is 4.44. The number of para-hydroxylation sites is 2. The lowest BCUT2D eigenvalue weighted by molar-refractivity contribution is 0.174. The third-order valence-corrected chi connectivity index (χ3v) is 4.59. The Morgan fingerprint density at radius 1 is 1.14 bits per heavy atom. The van der Waals surface area contributed by atoms with Crippen LogP contribution in [0, 0.1) is 13.8 Å². The normalized spacial score (nSPS) is 12.1. The van der Waals surface area contributed by atoms with Crippen LogP contribution >= 0.6 is 0 Å². The van der Waals surface area contributed by atoms with Crippen molar-refractivity contribution < 1.29 is 14.3 Å². The number of carbonyl (C=O) groups excluding carboxylic acids is 1. The smallest absolute Gasteiger partial charge is 0.321 e. The van der Waals surface area contributed by atoms with Crippen LogP contribution in [0.2, 0.25) is 0 Å². The van der Waals surface area contributed by atoms with E-state index in [9.17, 15) is 4.79 Å². The summed E-state index contributed by atoms with van der Waals surface area (Å²) in [5.74, 6) is 1.44. The number of fused-ring (bicyclic) bond motifs is 1. The van der Waals surface area contributed by atoms with E-state index in [0.717, 1.165) is 28.4 Å². The number of benzene rings is 2. The van der Waals surface area contributed by atoms with Crippen molar-refractivity contribution in [1.82, 2.24) is 14.7 Å². The lowest BCUT2D eigenvalue weighted by atomic mass is 10.2. The molecule has 3 aromatic rings. The molecule has 0 atom stereocenters. The van der Waals surface area contributed by atoms with Crippen LogP contribution in [0.1, 0.15) is 17.0 Å². The standard InChI is InChI=1S/C21H22N4O3/c1-14-10-15(2)25(23-14)18-7-5-4-6-17(18)22-21(26)24(3)12-16-8-9-19-20(11-16)28-13-27-19/h4-11H,12-13H2,1-3H3,(H,22,26). The van der Waals surface area contributed by atoms with Gasteiger partial charge in [-0.3, -0.25) is 0 Å². The van der Waals surface area contributed by atoms with Crippen LogP contribution in [0.5, 0.6) is 11.5 Å². The van der Waals surface area contributed by atoms with Crippen LogP contribution in [-0.4, -0.2) is 34.6 Å². The molecule has 1 N–H and O–H groups in total. The Kier molecular flexibility index (Phi) is 4.65. The van der Waals surface area contributed by atoms with Crippen LogP contribution < -0.4 is 14.8 Å².